The zero-order valence-electron chi connectivity index (χ0n) is 12.8. The summed E-state index contributed by atoms with van der Waals surface area (Å²) < 4.78 is 38.5. The molecule has 1 aliphatic rings. The van der Waals surface area contributed by atoms with Crippen molar-refractivity contribution >= 4 is 17.5 Å². The summed E-state index contributed by atoms with van der Waals surface area (Å²) in [6, 6.07) is 7.51. The zero-order chi connectivity index (χ0) is 17.5. The van der Waals surface area contributed by atoms with E-state index in [4.69, 9.17) is 5.73 Å². The van der Waals surface area contributed by atoms with E-state index < -0.39 is 12.1 Å². The van der Waals surface area contributed by atoms with Gasteiger partial charge in [-0.25, -0.2) is 4.68 Å². The lowest BCUT2D eigenvalue weighted by Gasteiger charge is -2.29. The summed E-state index contributed by atoms with van der Waals surface area (Å²) in [7, 11) is 0. The van der Waals surface area contributed by atoms with E-state index >= 15 is 0 Å². The molecule has 1 aliphatic heterocycles. The molecule has 2 aromatic rings. The third-order valence-electron chi connectivity index (χ3n) is 4.13. The van der Waals surface area contributed by atoms with Gasteiger partial charge in [-0.2, -0.15) is 18.2 Å². The van der Waals surface area contributed by atoms with Gasteiger partial charge in [0.15, 0.2) is 0 Å². The second-order valence-corrected chi connectivity index (χ2v) is 5.94. The van der Waals surface area contributed by atoms with Crippen LogP contribution in [0.4, 0.5) is 24.8 Å². The SMILES string of the molecule is CC1Cc2nc(NC(=O)C(F)(F)F)nn2CC1c1cccc(N)c1. The molecule has 128 valence electrons. The Bertz CT molecular complexity index is 771. The number of halogens is 3. The fraction of sp³-hybridized carbons (Fsp3) is 0.400. The standard InChI is InChI=1S/C15H16F3N5O/c1-8-5-12-20-14(21-13(24)15(16,17)18)22-23(12)7-11(8)9-3-2-4-10(19)6-9/h2-4,6,8,11H,5,7,19H2,1H3,(H,21,22,24). The van der Waals surface area contributed by atoms with Gasteiger partial charge in [0.05, 0.1) is 6.54 Å². The molecule has 2 unspecified atom stereocenters. The summed E-state index contributed by atoms with van der Waals surface area (Å²) in [5, 5.41) is 5.67. The normalized spacial score (nSPS) is 20.5. The number of hydrogen-bond donors (Lipinski definition) is 2. The van der Waals surface area contributed by atoms with Crippen molar-refractivity contribution in [1.29, 1.82) is 0 Å². The number of nitrogens with two attached hydrogens (primary N) is 1. The Morgan fingerprint density at radius 2 is 2.17 bits per heavy atom. The van der Waals surface area contributed by atoms with E-state index in [0.29, 0.717) is 24.5 Å². The number of hydrogen-bond acceptors (Lipinski definition) is 4. The number of nitrogen functional groups attached to an aromatic ring is 1. The summed E-state index contributed by atoms with van der Waals surface area (Å²) in [5.74, 6) is -1.51. The Hall–Kier alpha value is -2.58. The number of nitrogens with one attached hydrogen (secondary N) is 1. The van der Waals surface area contributed by atoms with Crippen LogP contribution in [-0.4, -0.2) is 26.8 Å². The molecule has 9 heteroatoms. The highest BCUT2D eigenvalue weighted by molar-refractivity contribution is 5.93. The monoisotopic (exact) mass is 339 g/mol. The van der Waals surface area contributed by atoms with Crippen molar-refractivity contribution in [2.45, 2.75) is 32.0 Å². The van der Waals surface area contributed by atoms with E-state index in [-0.39, 0.29) is 17.8 Å². The Labute approximate surface area is 135 Å². The molecule has 3 rings (SSSR count). The smallest absolute Gasteiger partial charge is 0.399 e. The number of nitrogens with zero attached hydrogens (tertiary/aromatic N) is 3. The van der Waals surface area contributed by atoms with Crippen LogP contribution in [0, 0.1) is 5.92 Å². The van der Waals surface area contributed by atoms with E-state index in [1.807, 2.05) is 25.1 Å². The maximum atomic E-state index is 12.3. The van der Waals surface area contributed by atoms with Crippen molar-refractivity contribution < 1.29 is 18.0 Å². The van der Waals surface area contributed by atoms with Crippen molar-refractivity contribution in [2.75, 3.05) is 11.1 Å². The number of carbonyl (C=O) groups is 1. The van der Waals surface area contributed by atoms with Crippen LogP contribution in [-0.2, 0) is 17.8 Å². The second-order valence-electron chi connectivity index (χ2n) is 5.94. The van der Waals surface area contributed by atoms with Crippen LogP contribution >= 0.6 is 0 Å². The summed E-state index contributed by atoms with van der Waals surface area (Å²) in [5.41, 5.74) is 7.52. The average molecular weight is 339 g/mol. The molecule has 0 aliphatic carbocycles. The van der Waals surface area contributed by atoms with Crippen LogP contribution in [0.25, 0.3) is 0 Å². The fourth-order valence-electron chi connectivity index (χ4n) is 2.92. The highest BCUT2D eigenvalue weighted by atomic mass is 19.4. The highest BCUT2D eigenvalue weighted by Gasteiger charge is 2.40. The molecule has 0 saturated carbocycles. The quantitative estimate of drug-likeness (QED) is 0.823. The van der Waals surface area contributed by atoms with Gasteiger partial charge in [0.25, 0.3) is 0 Å². The predicted octanol–water partition coefficient (Wildman–Crippen LogP) is 2.34. The molecule has 1 aromatic carbocycles. The minimum atomic E-state index is -4.97. The van der Waals surface area contributed by atoms with Crippen molar-refractivity contribution in [2.24, 2.45) is 5.92 Å². The lowest BCUT2D eigenvalue weighted by molar-refractivity contribution is -0.167. The first-order valence-electron chi connectivity index (χ1n) is 7.41. The van der Waals surface area contributed by atoms with Gasteiger partial charge in [-0.3, -0.25) is 10.1 Å². The summed E-state index contributed by atoms with van der Waals surface area (Å²) in [4.78, 5) is 15.0. The van der Waals surface area contributed by atoms with Crippen molar-refractivity contribution in [3.63, 3.8) is 0 Å². The maximum Gasteiger partial charge on any atom is 0.471 e. The summed E-state index contributed by atoms with van der Waals surface area (Å²) in [6.45, 7) is 2.51. The van der Waals surface area contributed by atoms with E-state index in [9.17, 15) is 18.0 Å². The number of amides is 1. The molecule has 3 N–H and O–H groups in total. The molecule has 6 nitrogen and oxygen atoms in total. The number of alkyl halides is 3. The third kappa shape index (κ3) is 3.19. The van der Waals surface area contributed by atoms with Crippen molar-refractivity contribution in [3.8, 4) is 0 Å². The molecule has 1 aromatic heterocycles. The fourth-order valence-corrected chi connectivity index (χ4v) is 2.92. The predicted molar refractivity (Wildman–Crippen MR) is 81.2 cm³/mol. The summed E-state index contributed by atoms with van der Waals surface area (Å²) in [6.07, 6.45) is -4.42. The summed E-state index contributed by atoms with van der Waals surface area (Å²) >= 11 is 0. The molecule has 24 heavy (non-hydrogen) atoms. The van der Waals surface area contributed by atoms with Crippen LogP contribution in [0.15, 0.2) is 24.3 Å². The minimum Gasteiger partial charge on any atom is -0.399 e. The van der Waals surface area contributed by atoms with Gasteiger partial charge in [0.1, 0.15) is 5.82 Å². The Kier molecular flexibility index (Phi) is 3.94. The minimum absolute atomic E-state index is 0.119. The third-order valence-corrected chi connectivity index (χ3v) is 4.13. The zero-order valence-corrected chi connectivity index (χ0v) is 12.8. The Morgan fingerprint density at radius 1 is 1.42 bits per heavy atom. The molecular formula is C15H16F3N5O. The van der Waals surface area contributed by atoms with E-state index in [2.05, 4.69) is 10.1 Å². The Balaban J connectivity index is 1.81. The van der Waals surface area contributed by atoms with Gasteiger partial charge in [-0.05, 0) is 23.6 Å². The topological polar surface area (TPSA) is 85.8 Å². The van der Waals surface area contributed by atoms with E-state index in [1.54, 1.807) is 16.1 Å². The molecular weight excluding hydrogens is 323 g/mol. The lowest BCUT2D eigenvalue weighted by atomic mass is 9.83. The molecule has 0 radical (unpaired) electrons. The molecule has 0 fully saturated rings. The first-order valence-corrected chi connectivity index (χ1v) is 7.41. The van der Waals surface area contributed by atoms with Crippen LogP contribution in [0.1, 0.15) is 24.2 Å². The van der Waals surface area contributed by atoms with Crippen LogP contribution in [0.2, 0.25) is 0 Å². The number of anilines is 2. The van der Waals surface area contributed by atoms with Crippen LogP contribution in [0.3, 0.4) is 0 Å². The van der Waals surface area contributed by atoms with E-state index in [0.717, 1.165) is 5.56 Å². The van der Waals surface area contributed by atoms with Crippen molar-refractivity contribution in [1.82, 2.24) is 14.8 Å². The lowest BCUT2D eigenvalue weighted by Crippen LogP contribution is -2.30. The Morgan fingerprint density at radius 3 is 2.83 bits per heavy atom. The number of fused-ring (bicyclic) bond motifs is 1. The van der Waals surface area contributed by atoms with Crippen LogP contribution in [0.5, 0.6) is 0 Å². The molecule has 0 saturated heterocycles. The average Bonchev–Trinajstić information content (AvgIpc) is 2.86. The first-order chi connectivity index (χ1) is 11.2. The largest absolute Gasteiger partial charge is 0.471 e. The van der Waals surface area contributed by atoms with Crippen LogP contribution < -0.4 is 11.1 Å². The highest BCUT2D eigenvalue weighted by Crippen LogP contribution is 2.34. The maximum absolute atomic E-state index is 12.3. The van der Waals surface area contributed by atoms with Gasteiger partial charge in [-0.15, -0.1) is 5.10 Å². The van der Waals surface area contributed by atoms with Gasteiger partial charge in [-0.1, -0.05) is 19.1 Å². The first kappa shape index (κ1) is 16.3. The molecule has 0 spiro atoms. The molecule has 2 atom stereocenters. The van der Waals surface area contributed by atoms with Gasteiger partial charge < -0.3 is 5.73 Å². The van der Waals surface area contributed by atoms with E-state index in [1.165, 1.54) is 0 Å². The number of rotatable bonds is 2. The second kappa shape index (κ2) is 5.81. The van der Waals surface area contributed by atoms with Gasteiger partial charge in [0, 0.05) is 18.0 Å². The molecule has 0 bridgehead atoms. The molecule has 2 heterocycles. The van der Waals surface area contributed by atoms with Gasteiger partial charge in [0.2, 0.25) is 5.95 Å². The van der Waals surface area contributed by atoms with Gasteiger partial charge >= 0.3 is 12.1 Å². The number of benzene rings is 1. The number of carbonyl (C=O) groups excluding carboxylic acids is 1. The number of aromatic nitrogens is 3. The van der Waals surface area contributed by atoms with Crippen molar-refractivity contribution in [3.05, 3.63) is 35.7 Å². The molecule has 1 amide bonds.